The molecule has 1 fully saturated rings. The number of nitrogens with zero attached hydrogens (tertiary/aromatic N) is 2. The van der Waals surface area contributed by atoms with Gasteiger partial charge in [-0.3, -0.25) is 9.59 Å². The highest BCUT2D eigenvalue weighted by molar-refractivity contribution is 5.96. The van der Waals surface area contributed by atoms with Crippen LogP contribution in [0.2, 0.25) is 0 Å². The maximum atomic E-state index is 12.1. The number of hydrogen-bond acceptors (Lipinski definition) is 3. The maximum Gasteiger partial charge on any atom is 0.227 e. The fourth-order valence-electron chi connectivity index (χ4n) is 3.30. The molecule has 0 aliphatic carbocycles. The van der Waals surface area contributed by atoms with Crippen molar-refractivity contribution in [3.63, 3.8) is 0 Å². The number of amides is 2. The summed E-state index contributed by atoms with van der Waals surface area (Å²) in [5.41, 5.74) is 8.06. The first-order valence-corrected chi connectivity index (χ1v) is 8.07. The second-order valence-corrected chi connectivity index (χ2v) is 6.17. The molecule has 3 rings (SSSR count). The van der Waals surface area contributed by atoms with E-state index >= 15 is 0 Å². The van der Waals surface area contributed by atoms with E-state index in [9.17, 15) is 9.59 Å². The number of rotatable bonds is 4. The molecule has 0 saturated carbocycles. The molecule has 2 aliphatic rings. The van der Waals surface area contributed by atoms with Crippen LogP contribution in [0.1, 0.15) is 31.2 Å². The molecule has 0 bridgehead atoms. The van der Waals surface area contributed by atoms with Gasteiger partial charge < -0.3 is 15.5 Å². The Labute approximate surface area is 131 Å². The Hall–Kier alpha value is -1.88. The van der Waals surface area contributed by atoms with Crippen LogP contribution >= 0.6 is 0 Å². The molecule has 22 heavy (non-hydrogen) atoms. The molecule has 5 heteroatoms. The minimum atomic E-state index is 0.125. The van der Waals surface area contributed by atoms with Crippen molar-refractivity contribution in [1.29, 1.82) is 0 Å². The molecule has 0 aromatic heterocycles. The highest BCUT2D eigenvalue weighted by Gasteiger charge is 2.25. The molecule has 1 saturated heterocycles. The molecule has 1 aromatic carbocycles. The number of anilines is 1. The molecule has 2 amide bonds. The molecule has 2 aliphatic heterocycles. The first-order chi connectivity index (χ1) is 10.6. The summed E-state index contributed by atoms with van der Waals surface area (Å²) < 4.78 is 0. The predicted octanol–water partition coefficient (Wildman–Crippen LogP) is 1.31. The quantitative estimate of drug-likeness (QED) is 0.911. The molecule has 1 atom stereocenters. The standard InChI is InChI=1S/C17H23N3O2/c18-14-9-11-19(12-14)16(21)6-3-10-20-15-5-2-1-4-13(15)7-8-17(20)22/h1-2,4-5,14H,3,6-12,18H2/t14-/m0/s1. The van der Waals surface area contributed by atoms with E-state index in [0.717, 1.165) is 25.1 Å². The summed E-state index contributed by atoms with van der Waals surface area (Å²) in [7, 11) is 0. The van der Waals surface area contributed by atoms with E-state index in [-0.39, 0.29) is 17.9 Å². The Morgan fingerprint density at radius 1 is 1.27 bits per heavy atom. The second-order valence-electron chi connectivity index (χ2n) is 6.17. The third-order valence-corrected chi connectivity index (χ3v) is 4.54. The van der Waals surface area contributed by atoms with Gasteiger partial charge in [0, 0.05) is 44.2 Å². The van der Waals surface area contributed by atoms with E-state index in [1.807, 2.05) is 28.0 Å². The molecular weight excluding hydrogens is 278 g/mol. The van der Waals surface area contributed by atoms with Crippen LogP contribution in [0, 0.1) is 0 Å². The van der Waals surface area contributed by atoms with Gasteiger partial charge in [-0.25, -0.2) is 0 Å². The number of nitrogens with two attached hydrogens (primary N) is 1. The number of carbonyl (C=O) groups is 2. The van der Waals surface area contributed by atoms with Crippen molar-refractivity contribution in [2.75, 3.05) is 24.5 Å². The monoisotopic (exact) mass is 301 g/mol. The highest BCUT2D eigenvalue weighted by Crippen LogP contribution is 2.27. The lowest BCUT2D eigenvalue weighted by atomic mass is 10.0. The Morgan fingerprint density at radius 3 is 2.86 bits per heavy atom. The van der Waals surface area contributed by atoms with Crippen molar-refractivity contribution in [2.45, 2.75) is 38.1 Å². The van der Waals surface area contributed by atoms with E-state index in [4.69, 9.17) is 5.73 Å². The summed E-state index contributed by atoms with van der Waals surface area (Å²) in [6.45, 7) is 2.05. The normalized spacial score (nSPS) is 21.1. The SMILES string of the molecule is N[C@H]1CCN(C(=O)CCCN2C(=O)CCc3ccccc32)C1. The minimum Gasteiger partial charge on any atom is -0.341 e. The molecule has 0 spiro atoms. The molecule has 5 nitrogen and oxygen atoms in total. The minimum absolute atomic E-state index is 0.125. The number of benzene rings is 1. The maximum absolute atomic E-state index is 12.1. The Bertz CT molecular complexity index is 573. The predicted molar refractivity (Wildman–Crippen MR) is 85.5 cm³/mol. The van der Waals surface area contributed by atoms with Gasteiger partial charge in [-0.1, -0.05) is 18.2 Å². The average molecular weight is 301 g/mol. The molecule has 0 radical (unpaired) electrons. The fraction of sp³-hybridized carbons (Fsp3) is 0.529. The van der Waals surface area contributed by atoms with Crippen LogP contribution in [0.25, 0.3) is 0 Å². The van der Waals surface area contributed by atoms with Crippen LogP contribution in [0.3, 0.4) is 0 Å². The number of fused-ring (bicyclic) bond motifs is 1. The summed E-state index contributed by atoms with van der Waals surface area (Å²) >= 11 is 0. The first kappa shape index (κ1) is 15.0. The second kappa shape index (κ2) is 6.48. The van der Waals surface area contributed by atoms with Gasteiger partial charge in [0.15, 0.2) is 0 Å². The summed E-state index contributed by atoms with van der Waals surface area (Å²) in [6.07, 6.45) is 3.45. The van der Waals surface area contributed by atoms with Gasteiger partial charge >= 0.3 is 0 Å². The highest BCUT2D eigenvalue weighted by atomic mass is 16.2. The zero-order valence-corrected chi connectivity index (χ0v) is 12.8. The molecule has 2 heterocycles. The summed E-state index contributed by atoms with van der Waals surface area (Å²) in [4.78, 5) is 28.0. The lowest BCUT2D eigenvalue weighted by molar-refractivity contribution is -0.130. The van der Waals surface area contributed by atoms with E-state index in [1.54, 1.807) is 0 Å². The van der Waals surface area contributed by atoms with Crippen LogP contribution in [0.15, 0.2) is 24.3 Å². The van der Waals surface area contributed by atoms with Gasteiger partial charge in [-0.2, -0.15) is 0 Å². The number of carbonyl (C=O) groups excluding carboxylic acids is 2. The van der Waals surface area contributed by atoms with E-state index in [1.165, 1.54) is 5.56 Å². The van der Waals surface area contributed by atoms with Gasteiger partial charge in [-0.15, -0.1) is 0 Å². The van der Waals surface area contributed by atoms with Crippen molar-refractivity contribution in [1.82, 2.24) is 4.90 Å². The van der Waals surface area contributed by atoms with Crippen LogP contribution in [0.4, 0.5) is 5.69 Å². The lowest BCUT2D eigenvalue weighted by Gasteiger charge is -2.29. The van der Waals surface area contributed by atoms with E-state index in [2.05, 4.69) is 6.07 Å². The molecule has 118 valence electrons. The van der Waals surface area contributed by atoms with Gasteiger partial charge in [0.25, 0.3) is 0 Å². The van der Waals surface area contributed by atoms with Crippen molar-refractivity contribution in [3.05, 3.63) is 29.8 Å². The Morgan fingerprint density at radius 2 is 2.09 bits per heavy atom. The van der Waals surface area contributed by atoms with Crippen LogP contribution in [0.5, 0.6) is 0 Å². The van der Waals surface area contributed by atoms with Crippen molar-refractivity contribution >= 4 is 17.5 Å². The summed E-state index contributed by atoms with van der Waals surface area (Å²) in [5, 5.41) is 0. The van der Waals surface area contributed by atoms with Gasteiger partial charge in [-0.05, 0) is 30.9 Å². The van der Waals surface area contributed by atoms with Crippen molar-refractivity contribution in [2.24, 2.45) is 5.73 Å². The number of aryl methyl sites for hydroxylation is 1. The van der Waals surface area contributed by atoms with E-state index < -0.39 is 0 Å². The number of hydrogen-bond donors (Lipinski definition) is 1. The largest absolute Gasteiger partial charge is 0.341 e. The first-order valence-electron chi connectivity index (χ1n) is 8.07. The Kier molecular flexibility index (Phi) is 4.43. The number of para-hydroxylation sites is 1. The van der Waals surface area contributed by atoms with Crippen LogP contribution in [-0.2, 0) is 16.0 Å². The topological polar surface area (TPSA) is 66.6 Å². The Balaban J connectivity index is 1.55. The molecular formula is C17H23N3O2. The molecule has 2 N–H and O–H groups in total. The van der Waals surface area contributed by atoms with Crippen molar-refractivity contribution in [3.8, 4) is 0 Å². The van der Waals surface area contributed by atoms with Gasteiger partial charge in [0.05, 0.1) is 0 Å². The van der Waals surface area contributed by atoms with Crippen molar-refractivity contribution < 1.29 is 9.59 Å². The molecule has 1 aromatic rings. The summed E-state index contributed by atoms with van der Waals surface area (Å²) in [6, 6.07) is 8.16. The van der Waals surface area contributed by atoms with E-state index in [0.29, 0.717) is 32.4 Å². The number of likely N-dealkylation sites (tertiary alicyclic amines) is 1. The third-order valence-electron chi connectivity index (χ3n) is 4.54. The third kappa shape index (κ3) is 3.14. The zero-order chi connectivity index (χ0) is 15.5. The smallest absolute Gasteiger partial charge is 0.227 e. The van der Waals surface area contributed by atoms with Crippen LogP contribution < -0.4 is 10.6 Å². The molecule has 0 unspecified atom stereocenters. The summed E-state index contributed by atoms with van der Waals surface area (Å²) in [5.74, 6) is 0.319. The van der Waals surface area contributed by atoms with Gasteiger partial charge in [0.2, 0.25) is 11.8 Å². The average Bonchev–Trinajstić information content (AvgIpc) is 2.96. The fourth-order valence-corrected chi connectivity index (χ4v) is 3.30. The lowest BCUT2D eigenvalue weighted by Crippen LogP contribution is -2.37. The van der Waals surface area contributed by atoms with Gasteiger partial charge in [0.1, 0.15) is 0 Å². The van der Waals surface area contributed by atoms with Crippen LogP contribution in [-0.4, -0.2) is 42.4 Å². The zero-order valence-electron chi connectivity index (χ0n) is 12.8.